The molecule has 0 radical (unpaired) electrons. The van der Waals surface area contributed by atoms with Crippen molar-refractivity contribution in [3.63, 3.8) is 0 Å². The number of fused-ring (bicyclic) bond motifs is 1. The van der Waals surface area contributed by atoms with Gasteiger partial charge in [-0.05, 0) is 56.5 Å². The molecule has 3 heterocycles. The average Bonchev–Trinajstić information content (AvgIpc) is 3.27. The minimum Gasteiger partial charge on any atom is -0.338 e. The Kier molecular flexibility index (Phi) is 4.48. The highest BCUT2D eigenvalue weighted by Gasteiger charge is 2.30. The number of hydrogen-bond acceptors (Lipinski definition) is 3. The van der Waals surface area contributed by atoms with Crippen molar-refractivity contribution >= 4 is 16.8 Å². The Bertz CT molecular complexity index is 724. The lowest BCUT2D eigenvalue weighted by atomic mass is 10.1. The third-order valence-corrected chi connectivity index (χ3v) is 5.37. The number of likely N-dealkylation sites (tertiary alicyclic amines) is 2. The van der Waals surface area contributed by atoms with Crippen LogP contribution in [0.2, 0.25) is 0 Å². The van der Waals surface area contributed by atoms with Gasteiger partial charge in [0.1, 0.15) is 0 Å². The molecule has 2 aliphatic heterocycles. The predicted octanol–water partition coefficient (Wildman–Crippen LogP) is 2.86. The van der Waals surface area contributed by atoms with Crippen LogP contribution in [0.4, 0.5) is 0 Å². The van der Waals surface area contributed by atoms with E-state index in [9.17, 15) is 4.79 Å². The highest BCUT2D eigenvalue weighted by atomic mass is 16.2. The highest BCUT2D eigenvalue weighted by Crippen LogP contribution is 2.22. The van der Waals surface area contributed by atoms with E-state index >= 15 is 0 Å². The smallest absolute Gasteiger partial charge is 0.227 e. The summed E-state index contributed by atoms with van der Waals surface area (Å²) in [6.07, 6.45) is 7.23. The molecule has 1 unspecified atom stereocenters. The Hall–Kier alpha value is -1.94. The van der Waals surface area contributed by atoms with Crippen molar-refractivity contribution in [3.8, 4) is 0 Å². The quantitative estimate of drug-likeness (QED) is 0.868. The molecule has 0 spiro atoms. The fraction of sp³-hybridized carbons (Fsp3) is 0.500. The minimum absolute atomic E-state index is 0.258. The zero-order chi connectivity index (χ0) is 16.4. The van der Waals surface area contributed by atoms with Crippen LogP contribution in [-0.2, 0) is 11.2 Å². The largest absolute Gasteiger partial charge is 0.338 e. The second kappa shape index (κ2) is 6.89. The third-order valence-electron chi connectivity index (χ3n) is 5.37. The summed E-state index contributed by atoms with van der Waals surface area (Å²) in [4.78, 5) is 21.9. The zero-order valence-electron chi connectivity index (χ0n) is 14.2. The molecule has 4 heteroatoms. The first-order valence-electron chi connectivity index (χ1n) is 9.15. The molecular formula is C20H25N3O. The van der Waals surface area contributed by atoms with Gasteiger partial charge in [-0.15, -0.1) is 0 Å². The van der Waals surface area contributed by atoms with Gasteiger partial charge in [-0.1, -0.05) is 18.2 Å². The molecule has 0 N–H and O–H groups in total. The lowest BCUT2D eigenvalue weighted by Crippen LogP contribution is -2.43. The van der Waals surface area contributed by atoms with Gasteiger partial charge in [-0.3, -0.25) is 9.78 Å². The van der Waals surface area contributed by atoms with E-state index in [0.717, 1.165) is 42.4 Å². The zero-order valence-corrected chi connectivity index (χ0v) is 14.2. The van der Waals surface area contributed by atoms with E-state index in [-0.39, 0.29) is 5.91 Å². The summed E-state index contributed by atoms with van der Waals surface area (Å²) in [6, 6.07) is 10.6. The normalized spacial score (nSPS) is 21.7. The van der Waals surface area contributed by atoms with Gasteiger partial charge in [-0.25, -0.2) is 0 Å². The summed E-state index contributed by atoms with van der Waals surface area (Å²) in [5.41, 5.74) is 2.01. The van der Waals surface area contributed by atoms with Crippen molar-refractivity contribution in [2.24, 2.45) is 0 Å². The summed E-state index contributed by atoms with van der Waals surface area (Å²) in [7, 11) is 0. The van der Waals surface area contributed by atoms with E-state index in [1.165, 1.54) is 25.9 Å². The number of pyridine rings is 1. The fourth-order valence-electron chi connectivity index (χ4n) is 4.11. The Morgan fingerprint density at radius 1 is 1.12 bits per heavy atom. The van der Waals surface area contributed by atoms with Crippen LogP contribution in [-0.4, -0.2) is 52.9 Å². The van der Waals surface area contributed by atoms with E-state index < -0.39 is 0 Å². The van der Waals surface area contributed by atoms with Gasteiger partial charge in [0.25, 0.3) is 0 Å². The van der Waals surface area contributed by atoms with Crippen molar-refractivity contribution in [2.75, 3.05) is 26.2 Å². The van der Waals surface area contributed by atoms with E-state index in [0.29, 0.717) is 12.5 Å². The van der Waals surface area contributed by atoms with Crippen LogP contribution in [0, 0.1) is 0 Å². The lowest BCUT2D eigenvalue weighted by Gasteiger charge is -2.28. The molecule has 1 atom stereocenters. The minimum atomic E-state index is 0.258. The predicted molar refractivity (Wildman–Crippen MR) is 95.9 cm³/mol. The Morgan fingerprint density at radius 2 is 1.96 bits per heavy atom. The molecule has 0 aliphatic carbocycles. The maximum atomic E-state index is 12.8. The first-order chi connectivity index (χ1) is 11.8. The molecule has 2 aliphatic rings. The molecule has 0 bridgehead atoms. The van der Waals surface area contributed by atoms with Gasteiger partial charge in [0, 0.05) is 30.7 Å². The fourth-order valence-corrected chi connectivity index (χ4v) is 4.11. The summed E-state index contributed by atoms with van der Waals surface area (Å²) in [6.45, 7) is 4.38. The molecule has 1 aromatic carbocycles. The first-order valence-corrected chi connectivity index (χ1v) is 9.15. The lowest BCUT2D eigenvalue weighted by molar-refractivity contribution is -0.131. The number of benzene rings is 1. The van der Waals surface area contributed by atoms with Gasteiger partial charge in [-0.2, -0.15) is 0 Å². The molecule has 126 valence electrons. The summed E-state index contributed by atoms with van der Waals surface area (Å²) in [5.74, 6) is 0.258. The van der Waals surface area contributed by atoms with Crippen LogP contribution in [0.25, 0.3) is 10.9 Å². The molecule has 2 saturated heterocycles. The van der Waals surface area contributed by atoms with Gasteiger partial charge in [0.15, 0.2) is 0 Å². The number of nitrogens with zero attached hydrogens (tertiary/aromatic N) is 3. The van der Waals surface area contributed by atoms with Crippen LogP contribution in [0.15, 0.2) is 36.5 Å². The number of carbonyl (C=O) groups excluding carboxylic acids is 1. The second-order valence-corrected chi connectivity index (χ2v) is 7.10. The van der Waals surface area contributed by atoms with Crippen LogP contribution >= 0.6 is 0 Å². The van der Waals surface area contributed by atoms with E-state index in [1.54, 1.807) is 0 Å². The van der Waals surface area contributed by atoms with Crippen LogP contribution < -0.4 is 0 Å². The average molecular weight is 323 g/mol. The number of hydrogen-bond donors (Lipinski definition) is 0. The number of amides is 1. The number of rotatable bonds is 4. The molecule has 0 saturated carbocycles. The van der Waals surface area contributed by atoms with E-state index in [4.69, 9.17) is 0 Å². The van der Waals surface area contributed by atoms with Crippen LogP contribution in [0.3, 0.4) is 0 Å². The van der Waals surface area contributed by atoms with Gasteiger partial charge in [0.05, 0.1) is 11.9 Å². The number of carbonyl (C=O) groups is 1. The van der Waals surface area contributed by atoms with Gasteiger partial charge in [0.2, 0.25) is 5.91 Å². The Balaban J connectivity index is 1.43. The Labute approximate surface area is 143 Å². The SMILES string of the molecule is O=C(Cc1cnc2ccccc2c1)N1CCCC1CN1CCCC1. The molecule has 2 fully saturated rings. The standard InChI is InChI=1S/C20H25N3O/c24-20(13-16-12-17-6-1-2-8-19(17)21-14-16)23-11-5-7-18(23)15-22-9-3-4-10-22/h1-2,6,8,12,14,18H,3-5,7,9-11,13,15H2. The maximum absolute atomic E-state index is 12.8. The first kappa shape index (κ1) is 15.6. The van der Waals surface area contributed by atoms with Crippen LogP contribution in [0.5, 0.6) is 0 Å². The second-order valence-electron chi connectivity index (χ2n) is 7.10. The topological polar surface area (TPSA) is 36.4 Å². The molecular weight excluding hydrogens is 298 g/mol. The molecule has 24 heavy (non-hydrogen) atoms. The van der Waals surface area contributed by atoms with Crippen molar-refractivity contribution in [3.05, 3.63) is 42.1 Å². The van der Waals surface area contributed by atoms with Crippen molar-refractivity contribution in [2.45, 2.75) is 38.1 Å². The van der Waals surface area contributed by atoms with Crippen molar-refractivity contribution in [1.29, 1.82) is 0 Å². The third kappa shape index (κ3) is 3.29. The summed E-state index contributed by atoms with van der Waals surface area (Å²) < 4.78 is 0. The highest BCUT2D eigenvalue weighted by molar-refractivity contribution is 5.83. The van der Waals surface area contributed by atoms with Crippen LogP contribution in [0.1, 0.15) is 31.2 Å². The Morgan fingerprint density at radius 3 is 2.83 bits per heavy atom. The van der Waals surface area contributed by atoms with Crippen molar-refractivity contribution in [1.82, 2.24) is 14.8 Å². The number of para-hydroxylation sites is 1. The monoisotopic (exact) mass is 323 g/mol. The summed E-state index contributed by atoms with van der Waals surface area (Å²) in [5, 5.41) is 1.11. The van der Waals surface area contributed by atoms with Gasteiger partial charge < -0.3 is 9.80 Å². The molecule has 4 rings (SSSR count). The van der Waals surface area contributed by atoms with E-state index in [1.807, 2.05) is 24.4 Å². The molecule has 1 aromatic heterocycles. The van der Waals surface area contributed by atoms with Crippen molar-refractivity contribution < 1.29 is 4.79 Å². The number of aromatic nitrogens is 1. The van der Waals surface area contributed by atoms with Gasteiger partial charge >= 0.3 is 0 Å². The van der Waals surface area contributed by atoms with E-state index in [2.05, 4.69) is 26.9 Å². The maximum Gasteiger partial charge on any atom is 0.227 e. The summed E-state index contributed by atoms with van der Waals surface area (Å²) >= 11 is 0. The molecule has 2 aromatic rings. The molecule has 4 nitrogen and oxygen atoms in total. The molecule has 1 amide bonds.